The van der Waals surface area contributed by atoms with Crippen LogP contribution in [0.1, 0.15) is 41.1 Å². The van der Waals surface area contributed by atoms with Crippen LogP contribution in [0.15, 0.2) is 42.5 Å². The summed E-state index contributed by atoms with van der Waals surface area (Å²) < 4.78 is 22.7. The number of hydroxylamine groups is 1. The van der Waals surface area contributed by atoms with Crippen molar-refractivity contribution in [2.45, 2.75) is 32.2 Å². The number of anilines is 1. The van der Waals surface area contributed by atoms with Crippen molar-refractivity contribution in [1.29, 1.82) is 0 Å². The van der Waals surface area contributed by atoms with Gasteiger partial charge in [0, 0.05) is 67.2 Å². The zero-order valence-electron chi connectivity index (χ0n) is 21.5. The van der Waals surface area contributed by atoms with Gasteiger partial charge in [0.2, 0.25) is 0 Å². The van der Waals surface area contributed by atoms with Gasteiger partial charge < -0.3 is 14.2 Å². The van der Waals surface area contributed by atoms with Gasteiger partial charge in [-0.1, -0.05) is 12.1 Å². The molecule has 0 saturated carbocycles. The number of hydrogen-bond acceptors (Lipinski definition) is 5. The molecule has 7 nitrogen and oxygen atoms in total. The van der Waals surface area contributed by atoms with Crippen LogP contribution in [0, 0.1) is 12.7 Å². The Balaban J connectivity index is 1.36. The van der Waals surface area contributed by atoms with Crippen molar-refractivity contribution >= 4 is 28.6 Å². The largest absolute Gasteiger partial charge is 0.378 e. The predicted molar refractivity (Wildman–Crippen MR) is 143 cm³/mol. The first kappa shape index (κ1) is 25.4. The third-order valence-electron chi connectivity index (χ3n) is 7.82. The second-order valence-corrected chi connectivity index (χ2v) is 10.1. The highest BCUT2D eigenvalue weighted by molar-refractivity contribution is 5.91. The van der Waals surface area contributed by atoms with Gasteiger partial charge in [-0.15, -0.1) is 0 Å². The van der Waals surface area contributed by atoms with Crippen LogP contribution in [-0.4, -0.2) is 60.0 Å². The molecule has 2 aliphatic rings. The van der Waals surface area contributed by atoms with Crippen molar-refractivity contribution < 1.29 is 19.1 Å². The van der Waals surface area contributed by atoms with Crippen LogP contribution >= 0.6 is 0 Å². The molecule has 2 aliphatic heterocycles. The highest BCUT2D eigenvalue weighted by Crippen LogP contribution is 2.38. The summed E-state index contributed by atoms with van der Waals surface area (Å²) >= 11 is 0. The molecule has 2 saturated heterocycles. The number of carbonyl (C=O) groups excluding carboxylic acids is 1. The molecule has 5 rings (SSSR count). The van der Waals surface area contributed by atoms with Crippen LogP contribution in [0.4, 0.5) is 10.1 Å². The fraction of sp³-hybridized carbons (Fsp3) is 0.414. The lowest BCUT2D eigenvalue weighted by Crippen LogP contribution is -2.36. The van der Waals surface area contributed by atoms with Gasteiger partial charge in [-0.3, -0.25) is 14.9 Å². The molecule has 1 aromatic heterocycles. The molecule has 1 unspecified atom stereocenters. The van der Waals surface area contributed by atoms with E-state index in [1.807, 2.05) is 0 Å². The molecule has 3 aromatic rings. The highest BCUT2D eigenvalue weighted by Gasteiger charge is 2.27. The summed E-state index contributed by atoms with van der Waals surface area (Å²) in [5.41, 5.74) is 7.98. The van der Waals surface area contributed by atoms with Gasteiger partial charge in [0.1, 0.15) is 5.82 Å². The van der Waals surface area contributed by atoms with Crippen molar-refractivity contribution in [3.63, 3.8) is 0 Å². The number of hydrogen-bond donors (Lipinski definition) is 2. The molecule has 1 atom stereocenters. The SMILES string of the molecule is Cc1c(C2CCCN(Cc3ccc(C=CC(=O)NO)cc3F)C2)c2cc(N3CCOCC3)ccc2n1C. The van der Waals surface area contributed by atoms with E-state index in [2.05, 4.69) is 46.5 Å². The molecule has 2 aromatic carbocycles. The molecule has 0 radical (unpaired) electrons. The van der Waals surface area contributed by atoms with Crippen molar-refractivity contribution in [3.05, 3.63) is 70.7 Å². The van der Waals surface area contributed by atoms with Gasteiger partial charge in [0.05, 0.1) is 13.2 Å². The van der Waals surface area contributed by atoms with E-state index in [0.29, 0.717) is 23.6 Å². The molecule has 0 bridgehead atoms. The van der Waals surface area contributed by atoms with Gasteiger partial charge >= 0.3 is 0 Å². The van der Waals surface area contributed by atoms with Crippen LogP contribution in [-0.2, 0) is 23.1 Å². The molecule has 2 fully saturated rings. The Morgan fingerprint density at radius 2 is 2.00 bits per heavy atom. The van der Waals surface area contributed by atoms with Crippen LogP contribution in [0.25, 0.3) is 17.0 Å². The molecule has 1 amide bonds. The quantitative estimate of drug-likeness (QED) is 0.295. The van der Waals surface area contributed by atoms with Crippen LogP contribution in [0.5, 0.6) is 0 Å². The number of aryl methyl sites for hydroxylation is 1. The van der Waals surface area contributed by atoms with Crippen LogP contribution in [0.2, 0.25) is 0 Å². The maximum Gasteiger partial charge on any atom is 0.267 e. The minimum absolute atomic E-state index is 0.287. The molecule has 37 heavy (non-hydrogen) atoms. The van der Waals surface area contributed by atoms with E-state index in [4.69, 9.17) is 9.94 Å². The number of aromatic nitrogens is 1. The minimum atomic E-state index is -0.648. The predicted octanol–water partition coefficient (Wildman–Crippen LogP) is 4.36. The average molecular weight is 507 g/mol. The monoisotopic (exact) mass is 506 g/mol. The van der Waals surface area contributed by atoms with Gasteiger partial charge in [-0.05, 0) is 73.7 Å². The summed E-state index contributed by atoms with van der Waals surface area (Å²) in [6, 6.07) is 11.8. The smallest absolute Gasteiger partial charge is 0.267 e. The molecular formula is C29H35FN4O3. The number of ether oxygens (including phenoxy) is 1. The van der Waals surface area contributed by atoms with Gasteiger partial charge in [-0.25, -0.2) is 9.87 Å². The van der Waals surface area contributed by atoms with Crippen molar-refractivity contribution in [2.75, 3.05) is 44.3 Å². The van der Waals surface area contributed by atoms with E-state index < -0.39 is 5.91 Å². The Labute approximate surface area is 217 Å². The number of likely N-dealkylation sites (tertiary alicyclic amines) is 1. The topological polar surface area (TPSA) is 70.0 Å². The fourth-order valence-electron chi connectivity index (χ4n) is 5.80. The first-order valence-corrected chi connectivity index (χ1v) is 13.0. The minimum Gasteiger partial charge on any atom is -0.378 e. The number of morpholine rings is 1. The number of fused-ring (bicyclic) bond motifs is 1. The summed E-state index contributed by atoms with van der Waals surface area (Å²) in [5.74, 6) is -0.547. The summed E-state index contributed by atoms with van der Waals surface area (Å²) in [7, 11) is 2.14. The fourth-order valence-corrected chi connectivity index (χ4v) is 5.80. The van der Waals surface area contributed by atoms with E-state index >= 15 is 0 Å². The van der Waals surface area contributed by atoms with Crippen molar-refractivity contribution in [2.24, 2.45) is 7.05 Å². The lowest BCUT2D eigenvalue weighted by Gasteiger charge is -2.33. The first-order valence-electron chi connectivity index (χ1n) is 13.0. The Morgan fingerprint density at radius 3 is 2.76 bits per heavy atom. The molecule has 0 aliphatic carbocycles. The van der Waals surface area contributed by atoms with E-state index in [-0.39, 0.29) is 5.82 Å². The third-order valence-corrected chi connectivity index (χ3v) is 7.82. The van der Waals surface area contributed by atoms with Crippen LogP contribution < -0.4 is 10.4 Å². The normalized spacial score (nSPS) is 19.1. The van der Waals surface area contributed by atoms with E-state index in [1.54, 1.807) is 12.1 Å². The zero-order chi connectivity index (χ0) is 25.9. The Hall–Kier alpha value is -3.20. The number of amides is 1. The summed E-state index contributed by atoms with van der Waals surface area (Å²) in [6.07, 6.45) is 4.84. The highest BCUT2D eigenvalue weighted by atomic mass is 19.1. The molecule has 0 spiro atoms. The van der Waals surface area contributed by atoms with E-state index in [9.17, 15) is 9.18 Å². The lowest BCUT2D eigenvalue weighted by atomic mass is 9.88. The van der Waals surface area contributed by atoms with Crippen LogP contribution in [0.3, 0.4) is 0 Å². The number of carbonyl (C=O) groups is 1. The van der Waals surface area contributed by atoms with E-state index in [0.717, 1.165) is 52.2 Å². The number of rotatable bonds is 6. The average Bonchev–Trinajstić information content (AvgIpc) is 3.18. The zero-order valence-corrected chi connectivity index (χ0v) is 21.5. The Morgan fingerprint density at radius 1 is 1.19 bits per heavy atom. The van der Waals surface area contributed by atoms with Gasteiger partial charge in [0.25, 0.3) is 5.91 Å². The van der Waals surface area contributed by atoms with E-state index in [1.165, 1.54) is 51.5 Å². The summed E-state index contributed by atoms with van der Waals surface area (Å²) in [6.45, 7) is 7.95. The number of piperidine rings is 1. The Kier molecular flexibility index (Phi) is 7.60. The number of halogens is 1. The first-order chi connectivity index (χ1) is 17.9. The third kappa shape index (κ3) is 5.42. The number of nitrogens with zero attached hydrogens (tertiary/aromatic N) is 3. The second kappa shape index (κ2) is 11.0. The standard InChI is InChI=1S/C29H35FN4O3/c1-20-29(25-17-24(8-9-27(25)32(20)2)34-12-14-37-15-13-34)23-4-3-11-33(19-23)18-22-7-5-21(16-26(22)30)6-10-28(35)31-36/h5-10,16-17,23,36H,3-4,11-15,18-19H2,1-2H3,(H,31,35). The lowest BCUT2D eigenvalue weighted by molar-refractivity contribution is -0.124. The molecule has 2 N–H and O–H groups in total. The number of nitrogens with one attached hydrogen (secondary N) is 1. The van der Waals surface area contributed by atoms with Crippen molar-refractivity contribution in [3.8, 4) is 0 Å². The maximum atomic E-state index is 14.9. The molecule has 8 heteroatoms. The molecule has 196 valence electrons. The number of benzene rings is 2. The second-order valence-electron chi connectivity index (χ2n) is 10.1. The van der Waals surface area contributed by atoms with Gasteiger partial charge in [0.15, 0.2) is 0 Å². The van der Waals surface area contributed by atoms with Gasteiger partial charge in [-0.2, -0.15) is 0 Å². The summed E-state index contributed by atoms with van der Waals surface area (Å²) in [4.78, 5) is 16.0. The molecular weight excluding hydrogens is 471 g/mol. The van der Waals surface area contributed by atoms with Crippen molar-refractivity contribution in [1.82, 2.24) is 14.9 Å². The molecule has 3 heterocycles. The maximum absolute atomic E-state index is 14.9. The Bertz CT molecular complexity index is 1310. The summed E-state index contributed by atoms with van der Waals surface area (Å²) in [5, 5.41) is 9.93.